The highest BCUT2D eigenvalue weighted by atomic mass is 79.9. The smallest absolute Gasteiger partial charge is 0.423 e. The van der Waals surface area contributed by atoms with E-state index < -0.39 is 18.8 Å². The Hall–Kier alpha value is -9.94. The number of H-pyrrole nitrogens is 2. The van der Waals surface area contributed by atoms with Crippen LogP contribution >= 0.6 is 15.9 Å². The zero-order chi connectivity index (χ0) is 64.5. The molecule has 0 aliphatic carbocycles. The van der Waals surface area contributed by atoms with Crippen LogP contribution in [0.1, 0.15) is 32.1 Å². The summed E-state index contributed by atoms with van der Waals surface area (Å²) in [6, 6.07) is 40.3. The first-order chi connectivity index (χ1) is 44.6. The number of hydrogen-bond acceptors (Lipinski definition) is 18. The number of benzene rings is 6. The second kappa shape index (κ2) is 31.2. The van der Waals surface area contributed by atoms with Gasteiger partial charge in [0, 0.05) is 127 Å². The predicted octanol–water partition coefficient (Wildman–Crippen LogP) is 6.13. The van der Waals surface area contributed by atoms with Crippen LogP contribution in [0.2, 0.25) is 0 Å². The minimum absolute atomic E-state index is 0.0101. The summed E-state index contributed by atoms with van der Waals surface area (Å²) in [4.78, 5) is 75.1. The van der Waals surface area contributed by atoms with Crippen LogP contribution in [0.25, 0.3) is 32.9 Å². The number of fused-ring (bicyclic) bond motifs is 2. The van der Waals surface area contributed by atoms with Gasteiger partial charge in [0.2, 0.25) is 11.8 Å². The third-order valence-corrected chi connectivity index (χ3v) is 15.5. The number of amides is 4. The molecule has 2 aliphatic heterocycles. The van der Waals surface area contributed by atoms with Crippen molar-refractivity contribution >= 4 is 109 Å². The first kappa shape index (κ1) is 65.0. The van der Waals surface area contributed by atoms with Gasteiger partial charge in [-0.25, -0.2) is 28.7 Å². The summed E-state index contributed by atoms with van der Waals surface area (Å²) < 4.78 is 27.5. The van der Waals surface area contributed by atoms with Gasteiger partial charge >= 0.3 is 7.12 Å². The molecule has 0 atom stereocenters. The number of aromatic amines is 2. The molecule has 92 heavy (non-hydrogen) atoms. The summed E-state index contributed by atoms with van der Waals surface area (Å²) in [5.41, 5.74) is 6.95. The lowest BCUT2D eigenvalue weighted by Gasteiger charge is -2.34. The van der Waals surface area contributed by atoms with E-state index in [-0.39, 0.29) is 49.7 Å². The normalized spacial score (nSPS) is 13.3. The van der Waals surface area contributed by atoms with Crippen LogP contribution in [0.4, 0.5) is 43.4 Å². The highest BCUT2D eigenvalue weighted by Crippen LogP contribution is 2.29. The van der Waals surface area contributed by atoms with Crippen molar-refractivity contribution in [2.45, 2.75) is 12.8 Å². The fraction of sp³-hybridized carbons (Fsp3) is 0.219. The topological polar surface area (TPSA) is 319 Å². The van der Waals surface area contributed by atoms with Crippen molar-refractivity contribution < 1.29 is 48.2 Å². The van der Waals surface area contributed by atoms with E-state index in [0.29, 0.717) is 102 Å². The number of hydrogen-bond donors (Lipinski definition) is 10. The number of carbonyl (C=O) groups excluding carboxylic acids is 4. The number of aliphatic hydroxyl groups is 2. The van der Waals surface area contributed by atoms with Crippen LogP contribution in [0.5, 0.6) is 0 Å². The van der Waals surface area contributed by atoms with Crippen LogP contribution in [0.3, 0.4) is 0 Å². The maximum absolute atomic E-state index is 13.4. The summed E-state index contributed by atoms with van der Waals surface area (Å²) in [5, 5.41) is 63.4. The van der Waals surface area contributed by atoms with E-state index in [1.54, 1.807) is 53.4 Å². The number of nitrogens with zero attached hydrogens (tertiary/aromatic N) is 10. The minimum atomic E-state index is -1.51. The highest BCUT2D eigenvalue weighted by Gasteiger charge is 2.24. The Morgan fingerprint density at radius 2 is 0.967 bits per heavy atom. The lowest BCUT2D eigenvalue weighted by atomic mass is 9.80. The minimum Gasteiger partial charge on any atom is -0.423 e. The molecule has 0 unspecified atom stereocenters. The van der Waals surface area contributed by atoms with Gasteiger partial charge in [0.25, 0.3) is 11.8 Å². The lowest BCUT2D eigenvalue weighted by Crippen LogP contribution is -2.49. The standard InChI is InChI=1S/C32H31FN8O3.C19H14BrFN6O.C13H19BN2O4/c33-24-2-1-3-25(17-24)36-30(43)19-26-18-29(39-38-26)37-31-27-9-8-23(16-28(27)34-20-35-31)21-4-6-22(7-5-21)32(44)41-12-10-40(11-13-41)14-15-42;20-11-4-5-15-16(6-11)22-10-23-19(15)25-17-8-14(26-27-17)9-18(28)24-13-3-1-2-12(21)7-13;17-10-9-15-5-7-16(8-6-15)13(18)11-1-3-12(4-2-11)14(19)20/h1-9,16-18,20,42H,10-15,19H2,(H,36,43)(H2,34,35,37,38,39);1-8,10H,9H2,(H,24,28)(H2,22,23,25,26,27);1-4,17,19-20H,5-10H2. The van der Waals surface area contributed by atoms with Crippen LogP contribution in [0.15, 0.2) is 163 Å². The highest BCUT2D eigenvalue weighted by molar-refractivity contribution is 9.10. The molecule has 2 aliphatic rings. The Morgan fingerprint density at radius 1 is 0.522 bits per heavy atom. The average Bonchev–Trinajstić information content (AvgIpc) is 3.08. The zero-order valence-corrected chi connectivity index (χ0v) is 51.1. The zero-order valence-electron chi connectivity index (χ0n) is 49.5. The number of aliphatic hydroxyl groups excluding tert-OH is 2. The molecule has 6 aromatic carbocycles. The van der Waals surface area contributed by atoms with Crippen molar-refractivity contribution in [2.24, 2.45) is 0 Å². The van der Waals surface area contributed by atoms with Crippen molar-refractivity contribution in [3.8, 4) is 11.1 Å². The Labute approximate surface area is 535 Å². The number of nitrogens with one attached hydrogen (secondary N) is 6. The Morgan fingerprint density at radius 3 is 1.42 bits per heavy atom. The summed E-state index contributed by atoms with van der Waals surface area (Å²) in [5.74, 6) is 0.723. The number of halogens is 3. The van der Waals surface area contributed by atoms with Gasteiger partial charge in [0.1, 0.15) is 35.9 Å². The molecule has 24 nitrogen and oxygen atoms in total. The van der Waals surface area contributed by atoms with Gasteiger partial charge in [0.05, 0.1) is 37.1 Å². The van der Waals surface area contributed by atoms with E-state index >= 15 is 0 Å². The molecule has 10 N–H and O–H groups in total. The van der Waals surface area contributed by atoms with E-state index in [4.69, 9.17) is 20.3 Å². The summed E-state index contributed by atoms with van der Waals surface area (Å²) in [6.45, 7) is 7.17. The molecular weight excluding hydrogens is 1250 g/mol. The molecule has 6 heterocycles. The number of rotatable bonds is 18. The van der Waals surface area contributed by atoms with Gasteiger partial charge in [-0.1, -0.05) is 58.4 Å². The first-order valence-corrected chi connectivity index (χ1v) is 30.1. The Balaban J connectivity index is 0.000000165. The fourth-order valence-corrected chi connectivity index (χ4v) is 10.6. The second-order valence-electron chi connectivity index (χ2n) is 21.4. The summed E-state index contributed by atoms with van der Waals surface area (Å²) >= 11 is 3.42. The van der Waals surface area contributed by atoms with Crippen LogP contribution < -0.4 is 26.7 Å². The van der Waals surface area contributed by atoms with E-state index in [2.05, 4.69) is 87.3 Å². The third-order valence-electron chi connectivity index (χ3n) is 15.0. The van der Waals surface area contributed by atoms with Crippen molar-refractivity contribution in [3.63, 3.8) is 0 Å². The molecule has 0 saturated carbocycles. The molecule has 2 fully saturated rings. The second-order valence-corrected chi connectivity index (χ2v) is 22.3. The molecule has 472 valence electrons. The number of anilines is 6. The van der Waals surface area contributed by atoms with Gasteiger partial charge in [-0.3, -0.25) is 39.2 Å². The molecule has 10 aromatic rings. The molecule has 0 radical (unpaired) electrons. The van der Waals surface area contributed by atoms with Crippen LogP contribution in [-0.4, -0.2) is 190 Å². The largest absolute Gasteiger partial charge is 0.488 e. The van der Waals surface area contributed by atoms with Crippen molar-refractivity contribution in [1.82, 2.24) is 59.9 Å². The van der Waals surface area contributed by atoms with E-state index in [0.717, 1.165) is 63.6 Å². The third kappa shape index (κ3) is 17.7. The lowest BCUT2D eigenvalue weighted by molar-refractivity contribution is -0.116. The van der Waals surface area contributed by atoms with Crippen LogP contribution in [0, 0.1) is 11.6 Å². The molecule has 2 saturated heterocycles. The maximum Gasteiger partial charge on any atom is 0.488 e. The SMILES string of the molecule is O=C(Cc1cc(Nc2ncnc3cc(-c4ccc(C(=O)N5CCN(CCO)CC5)cc4)ccc23)n[nH]1)Nc1cccc(F)c1.O=C(Cc1cc(Nc2ncnc3cc(Br)ccc23)n[nH]1)Nc1cccc(F)c1.O=C(c1ccc(B(O)O)cc1)N1CCN(CCO)CC1. The van der Waals surface area contributed by atoms with Crippen molar-refractivity contribution in [1.29, 1.82) is 0 Å². The molecule has 0 bridgehead atoms. The first-order valence-electron chi connectivity index (χ1n) is 29.3. The molecule has 12 rings (SSSR count). The number of carbonyl (C=O) groups is 4. The Bertz CT molecular complexity index is 4170. The van der Waals surface area contributed by atoms with Gasteiger partial charge in [-0.15, -0.1) is 0 Å². The van der Waals surface area contributed by atoms with Crippen molar-refractivity contribution in [2.75, 3.05) is 99.9 Å². The molecule has 0 spiro atoms. The number of piperazine rings is 2. The Kier molecular flexibility index (Phi) is 22.1. The number of β-amino-alcohol motifs (C(OH)–C–C–N with tert-alkyl or cyclic N) is 2. The van der Waals surface area contributed by atoms with E-state index in [9.17, 15) is 28.0 Å². The predicted molar refractivity (Wildman–Crippen MR) is 349 cm³/mol. The average molecular weight is 1310 g/mol. The van der Waals surface area contributed by atoms with E-state index in [1.165, 1.54) is 49.1 Å². The number of aromatic nitrogens is 8. The van der Waals surface area contributed by atoms with E-state index in [1.807, 2.05) is 65.6 Å². The molecule has 4 aromatic heterocycles. The monoisotopic (exact) mass is 1310 g/mol. The summed E-state index contributed by atoms with van der Waals surface area (Å²) in [7, 11) is -1.51. The van der Waals surface area contributed by atoms with Crippen molar-refractivity contribution in [3.05, 3.63) is 197 Å². The maximum atomic E-state index is 13.4. The van der Waals surface area contributed by atoms with Crippen LogP contribution in [-0.2, 0) is 22.4 Å². The quantitative estimate of drug-likeness (QED) is 0.0432. The van der Waals surface area contributed by atoms with Gasteiger partial charge in [-0.2, -0.15) is 10.2 Å². The molecule has 4 amide bonds. The summed E-state index contributed by atoms with van der Waals surface area (Å²) in [6.07, 6.45) is 3.04. The molecule has 28 heteroatoms. The fourth-order valence-electron chi connectivity index (χ4n) is 10.2. The van der Waals surface area contributed by atoms with Gasteiger partial charge in [-0.05, 0) is 108 Å². The van der Waals surface area contributed by atoms with Gasteiger partial charge < -0.3 is 51.3 Å². The molecular formula is C64H64BBrF2N16O8. The van der Waals surface area contributed by atoms with Gasteiger partial charge in [0.15, 0.2) is 11.6 Å².